The van der Waals surface area contributed by atoms with Crippen molar-refractivity contribution in [3.63, 3.8) is 0 Å². The molecule has 0 atom stereocenters. The molecule has 1 rings (SSSR count). The van der Waals surface area contributed by atoms with Gasteiger partial charge in [0.2, 0.25) is 5.75 Å². The molecule has 0 heterocycles. The molecule has 118 valence electrons. The van der Waals surface area contributed by atoms with E-state index in [2.05, 4.69) is 0 Å². The molecule has 6 nitrogen and oxygen atoms in total. The molecule has 0 aliphatic rings. The molecule has 0 aromatic heterocycles. The van der Waals surface area contributed by atoms with Crippen LogP contribution < -0.4 is 14.2 Å². The molecule has 0 fully saturated rings. The Morgan fingerprint density at radius 1 is 1.18 bits per heavy atom. The number of rotatable bonds is 7. The van der Waals surface area contributed by atoms with Gasteiger partial charge in [0.1, 0.15) is 11.6 Å². The molecule has 0 aliphatic carbocycles. The van der Waals surface area contributed by atoms with E-state index in [1.807, 2.05) is 13.0 Å². The van der Waals surface area contributed by atoms with Crippen molar-refractivity contribution in [2.75, 3.05) is 27.9 Å². The monoisotopic (exact) mass is 305 g/mol. The molecule has 0 bridgehead atoms. The second-order valence-corrected chi connectivity index (χ2v) is 4.23. The summed E-state index contributed by atoms with van der Waals surface area (Å²) < 4.78 is 20.7. The number of esters is 1. The molecule has 0 amide bonds. The van der Waals surface area contributed by atoms with Gasteiger partial charge in [-0.1, -0.05) is 6.92 Å². The summed E-state index contributed by atoms with van der Waals surface area (Å²) in [7, 11) is 4.46. The zero-order chi connectivity index (χ0) is 16.5. The zero-order valence-corrected chi connectivity index (χ0v) is 13.1. The minimum atomic E-state index is -0.666. The minimum Gasteiger partial charge on any atom is -0.493 e. The largest absolute Gasteiger partial charge is 0.493 e. The van der Waals surface area contributed by atoms with Crippen LogP contribution in [0.4, 0.5) is 0 Å². The average molecular weight is 305 g/mol. The fraction of sp³-hybridized carbons (Fsp3) is 0.375. The molecule has 6 heteroatoms. The van der Waals surface area contributed by atoms with Gasteiger partial charge in [0.15, 0.2) is 11.5 Å². The van der Waals surface area contributed by atoms with Crippen LogP contribution in [0, 0.1) is 11.3 Å². The van der Waals surface area contributed by atoms with Crippen LogP contribution in [0.15, 0.2) is 17.7 Å². The van der Waals surface area contributed by atoms with Gasteiger partial charge in [0.05, 0.1) is 27.9 Å². The van der Waals surface area contributed by atoms with E-state index in [9.17, 15) is 4.79 Å². The number of carbonyl (C=O) groups is 1. The molecule has 0 unspecified atom stereocenters. The first-order valence-corrected chi connectivity index (χ1v) is 6.70. The minimum absolute atomic E-state index is 0.112. The van der Waals surface area contributed by atoms with Gasteiger partial charge in [-0.15, -0.1) is 0 Å². The highest BCUT2D eigenvalue weighted by Gasteiger charge is 2.17. The first-order chi connectivity index (χ1) is 10.6. The summed E-state index contributed by atoms with van der Waals surface area (Å²) in [5.41, 5.74) is 0.407. The highest BCUT2D eigenvalue weighted by atomic mass is 16.5. The van der Waals surface area contributed by atoms with Gasteiger partial charge in [-0.3, -0.25) is 0 Å². The third-order valence-corrected chi connectivity index (χ3v) is 2.81. The molecule has 0 N–H and O–H groups in total. The Morgan fingerprint density at radius 2 is 1.86 bits per heavy atom. The molecule has 0 saturated carbocycles. The van der Waals surface area contributed by atoms with Crippen LogP contribution in [0.3, 0.4) is 0 Å². The Balaban J connectivity index is 3.28. The van der Waals surface area contributed by atoms with Crippen molar-refractivity contribution < 1.29 is 23.7 Å². The third-order valence-electron chi connectivity index (χ3n) is 2.81. The topological polar surface area (TPSA) is 77.8 Å². The van der Waals surface area contributed by atoms with Gasteiger partial charge in [-0.25, -0.2) is 4.79 Å². The van der Waals surface area contributed by atoms with Crippen molar-refractivity contribution in [2.24, 2.45) is 0 Å². The second-order valence-electron chi connectivity index (χ2n) is 4.23. The van der Waals surface area contributed by atoms with Crippen LogP contribution in [0.2, 0.25) is 0 Å². The quantitative estimate of drug-likeness (QED) is 0.438. The summed E-state index contributed by atoms with van der Waals surface area (Å²) >= 11 is 0. The van der Waals surface area contributed by atoms with E-state index in [1.165, 1.54) is 27.4 Å². The Hall–Kier alpha value is -2.68. The van der Waals surface area contributed by atoms with Gasteiger partial charge in [0.25, 0.3) is 0 Å². The summed E-state index contributed by atoms with van der Waals surface area (Å²) in [6, 6.07) is 5.17. The molecular formula is C16H19NO5. The van der Waals surface area contributed by atoms with Crippen LogP contribution in [0.25, 0.3) is 6.08 Å². The molecule has 1 aromatic carbocycles. The van der Waals surface area contributed by atoms with Crippen molar-refractivity contribution in [1.29, 1.82) is 5.26 Å². The number of carbonyl (C=O) groups excluding carboxylic acids is 1. The fourth-order valence-electron chi connectivity index (χ4n) is 1.80. The van der Waals surface area contributed by atoms with Crippen LogP contribution in [-0.2, 0) is 9.53 Å². The Labute approximate surface area is 129 Å². The van der Waals surface area contributed by atoms with Crippen LogP contribution >= 0.6 is 0 Å². The van der Waals surface area contributed by atoms with Crippen LogP contribution in [0.1, 0.15) is 18.9 Å². The highest BCUT2D eigenvalue weighted by molar-refractivity contribution is 5.98. The highest BCUT2D eigenvalue weighted by Crippen LogP contribution is 2.40. The number of nitriles is 1. The lowest BCUT2D eigenvalue weighted by atomic mass is 10.1. The normalized spacial score (nSPS) is 10.6. The lowest BCUT2D eigenvalue weighted by molar-refractivity contribution is -0.138. The van der Waals surface area contributed by atoms with Gasteiger partial charge >= 0.3 is 5.97 Å². The number of benzene rings is 1. The van der Waals surface area contributed by atoms with Gasteiger partial charge in [0, 0.05) is 5.56 Å². The molecule has 0 radical (unpaired) electrons. The zero-order valence-electron chi connectivity index (χ0n) is 13.1. The van der Waals surface area contributed by atoms with E-state index in [0.717, 1.165) is 0 Å². The van der Waals surface area contributed by atoms with Crippen molar-refractivity contribution in [1.82, 2.24) is 0 Å². The Kier molecular flexibility index (Phi) is 6.77. The smallest absolute Gasteiger partial charge is 0.348 e. The fourth-order valence-corrected chi connectivity index (χ4v) is 1.80. The summed E-state index contributed by atoms with van der Waals surface area (Å²) in [4.78, 5) is 11.8. The standard InChI is InChI=1S/C16H19NO5/c1-5-8-22-16(18)12(10-17)9-11-6-7-13(19-2)15(21-4)14(11)20-3/h6-7,9H,5,8H2,1-4H3. The predicted octanol–water partition coefficient (Wildman–Crippen LogP) is 2.57. The molecule has 1 aromatic rings. The lowest BCUT2D eigenvalue weighted by Gasteiger charge is -2.14. The van der Waals surface area contributed by atoms with E-state index in [0.29, 0.717) is 29.2 Å². The Morgan fingerprint density at radius 3 is 2.36 bits per heavy atom. The van der Waals surface area contributed by atoms with Gasteiger partial charge < -0.3 is 18.9 Å². The summed E-state index contributed by atoms with van der Waals surface area (Å²) in [5, 5.41) is 9.13. The van der Waals surface area contributed by atoms with Crippen LogP contribution in [-0.4, -0.2) is 33.9 Å². The van der Waals surface area contributed by atoms with E-state index >= 15 is 0 Å². The van der Waals surface area contributed by atoms with E-state index in [1.54, 1.807) is 12.1 Å². The summed E-state index contributed by atoms with van der Waals surface area (Å²) in [6.45, 7) is 2.14. The number of methoxy groups -OCH3 is 3. The maximum atomic E-state index is 11.8. The number of ether oxygens (including phenoxy) is 4. The summed E-state index contributed by atoms with van der Waals surface area (Å²) in [5.74, 6) is 0.584. The maximum absolute atomic E-state index is 11.8. The molecule has 0 aliphatic heterocycles. The van der Waals surface area contributed by atoms with Crippen LogP contribution in [0.5, 0.6) is 17.2 Å². The summed E-state index contributed by atoms with van der Waals surface area (Å²) in [6.07, 6.45) is 2.09. The van der Waals surface area contributed by atoms with Gasteiger partial charge in [-0.05, 0) is 24.6 Å². The third kappa shape index (κ3) is 3.92. The number of hydrogen-bond acceptors (Lipinski definition) is 6. The SMILES string of the molecule is CCCOC(=O)C(C#N)=Cc1ccc(OC)c(OC)c1OC. The number of hydrogen-bond donors (Lipinski definition) is 0. The van der Waals surface area contributed by atoms with E-state index < -0.39 is 5.97 Å². The van der Waals surface area contributed by atoms with Crippen molar-refractivity contribution in [3.8, 4) is 23.3 Å². The van der Waals surface area contributed by atoms with E-state index in [-0.39, 0.29) is 12.2 Å². The molecule has 22 heavy (non-hydrogen) atoms. The molecular weight excluding hydrogens is 286 g/mol. The first kappa shape index (κ1) is 17.4. The first-order valence-electron chi connectivity index (χ1n) is 6.70. The lowest BCUT2D eigenvalue weighted by Crippen LogP contribution is -2.07. The maximum Gasteiger partial charge on any atom is 0.348 e. The average Bonchev–Trinajstić information content (AvgIpc) is 2.56. The van der Waals surface area contributed by atoms with Crippen molar-refractivity contribution >= 4 is 12.0 Å². The molecule has 0 spiro atoms. The molecule has 0 saturated heterocycles. The second kappa shape index (κ2) is 8.57. The number of nitrogens with zero attached hydrogens (tertiary/aromatic N) is 1. The predicted molar refractivity (Wildman–Crippen MR) is 80.9 cm³/mol. The Bertz CT molecular complexity index is 601. The van der Waals surface area contributed by atoms with E-state index in [4.69, 9.17) is 24.2 Å². The van der Waals surface area contributed by atoms with Crippen molar-refractivity contribution in [3.05, 3.63) is 23.3 Å². The van der Waals surface area contributed by atoms with Crippen molar-refractivity contribution in [2.45, 2.75) is 13.3 Å². The van der Waals surface area contributed by atoms with Gasteiger partial charge in [-0.2, -0.15) is 5.26 Å².